The first-order valence-corrected chi connectivity index (χ1v) is 7.93. The van der Waals surface area contributed by atoms with Crippen LogP contribution in [0.2, 0.25) is 0 Å². The Kier molecular flexibility index (Phi) is 2.95. The molecule has 4 saturated carbocycles. The van der Waals surface area contributed by atoms with Crippen LogP contribution in [0, 0.1) is 23.2 Å². The number of carboxylic acid groups (broad SMARTS) is 1. The van der Waals surface area contributed by atoms with Crippen molar-refractivity contribution in [3.63, 3.8) is 0 Å². The van der Waals surface area contributed by atoms with Crippen LogP contribution in [0.3, 0.4) is 0 Å². The summed E-state index contributed by atoms with van der Waals surface area (Å²) in [6.07, 6.45) is 11.1. The molecule has 0 spiro atoms. The second kappa shape index (κ2) is 4.72. The molecule has 0 radical (unpaired) electrons. The van der Waals surface area contributed by atoms with E-state index in [9.17, 15) is 4.79 Å². The molecule has 0 unspecified atom stereocenters. The molecule has 1 aromatic rings. The van der Waals surface area contributed by atoms with Crippen molar-refractivity contribution in [2.45, 2.75) is 38.5 Å². The molecule has 4 heteroatoms. The van der Waals surface area contributed by atoms with E-state index in [0.29, 0.717) is 11.2 Å². The highest BCUT2D eigenvalue weighted by Gasteiger charge is 2.51. The molecule has 0 aliphatic heterocycles. The smallest absolute Gasteiger partial charge is 0.337 e. The second-order valence-corrected chi connectivity index (χ2v) is 7.42. The largest absolute Gasteiger partial charge is 0.491 e. The SMILES string of the molecule is O=C(O)c1cncc(OCC23CC4CC(CC(C4)C2)C3)c1. The van der Waals surface area contributed by atoms with Gasteiger partial charge in [-0.15, -0.1) is 0 Å². The highest BCUT2D eigenvalue weighted by molar-refractivity contribution is 5.87. The van der Waals surface area contributed by atoms with Gasteiger partial charge >= 0.3 is 5.97 Å². The van der Waals surface area contributed by atoms with Crippen LogP contribution >= 0.6 is 0 Å². The van der Waals surface area contributed by atoms with Crippen molar-refractivity contribution in [3.05, 3.63) is 24.0 Å². The van der Waals surface area contributed by atoms with Crippen LogP contribution in [-0.2, 0) is 0 Å². The maximum Gasteiger partial charge on any atom is 0.337 e. The van der Waals surface area contributed by atoms with E-state index >= 15 is 0 Å². The molecule has 0 amide bonds. The summed E-state index contributed by atoms with van der Waals surface area (Å²) in [5, 5.41) is 9.01. The lowest BCUT2D eigenvalue weighted by molar-refractivity contribution is -0.0745. The molecule has 0 atom stereocenters. The molecule has 4 nitrogen and oxygen atoms in total. The number of rotatable bonds is 4. The maximum absolute atomic E-state index is 11.0. The van der Waals surface area contributed by atoms with Crippen LogP contribution in [0.4, 0.5) is 0 Å². The van der Waals surface area contributed by atoms with Crippen LogP contribution < -0.4 is 4.74 Å². The van der Waals surface area contributed by atoms with E-state index in [1.807, 2.05) is 0 Å². The third-order valence-corrected chi connectivity index (χ3v) is 5.67. The summed E-state index contributed by atoms with van der Waals surface area (Å²) in [4.78, 5) is 14.9. The Labute approximate surface area is 124 Å². The minimum Gasteiger partial charge on any atom is -0.491 e. The van der Waals surface area contributed by atoms with Gasteiger partial charge in [-0.3, -0.25) is 4.98 Å². The van der Waals surface area contributed by atoms with Gasteiger partial charge in [0.25, 0.3) is 0 Å². The summed E-state index contributed by atoms with van der Waals surface area (Å²) >= 11 is 0. The fraction of sp³-hybridized carbons (Fsp3) is 0.647. The summed E-state index contributed by atoms with van der Waals surface area (Å²) in [7, 11) is 0. The van der Waals surface area contributed by atoms with Crippen molar-refractivity contribution < 1.29 is 14.6 Å². The lowest BCUT2D eigenvalue weighted by Crippen LogP contribution is -2.48. The molecule has 112 valence electrons. The average molecular weight is 287 g/mol. The van der Waals surface area contributed by atoms with Crippen LogP contribution in [0.5, 0.6) is 5.75 Å². The van der Waals surface area contributed by atoms with Gasteiger partial charge < -0.3 is 9.84 Å². The van der Waals surface area contributed by atoms with Gasteiger partial charge in [-0.25, -0.2) is 4.79 Å². The predicted molar refractivity (Wildman–Crippen MR) is 77.3 cm³/mol. The van der Waals surface area contributed by atoms with Crippen molar-refractivity contribution in [3.8, 4) is 5.75 Å². The molecule has 21 heavy (non-hydrogen) atoms. The third-order valence-electron chi connectivity index (χ3n) is 5.67. The summed E-state index contributed by atoms with van der Waals surface area (Å²) in [5.41, 5.74) is 0.534. The number of hydrogen-bond donors (Lipinski definition) is 1. The van der Waals surface area contributed by atoms with Gasteiger partial charge in [0.05, 0.1) is 18.4 Å². The average Bonchev–Trinajstić information content (AvgIpc) is 2.44. The van der Waals surface area contributed by atoms with Gasteiger partial charge in [-0.2, -0.15) is 0 Å². The van der Waals surface area contributed by atoms with Gasteiger partial charge in [0.2, 0.25) is 0 Å². The third kappa shape index (κ3) is 2.41. The summed E-state index contributed by atoms with van der Waals surface area (Å²) < 4.78 is 5.96. The molecule has 0 saturated heterocycles. The zero-order chi connectivity index (χ0) is 14.4. The van der Waals surface area contributed by atoms with E-state index < -0.39 is 5.97 Å². The first kappa shape index (κ1) is 13.1. The van der Waals surface area contributed by atoms with Gasteiger partial charge in [0.1, 0.15) is 5.75 Å². The number of carboxylic acids is 1. The van der Waals surface area contributed by atoms with Gasteiger partial charge in [0.15, 0.2) is 0 Å². The van der Waals surface area contributed by atoms with Crippen LogP contribution in [-0.4, -0.2) is 22.7 Å². The second-order valence-electron chi connectivity index (χ2n) is 7.42. The Morgan fingerprint density at radius 2 is 1.81 bits per heavy atom. The van der Waals surface area contributed by atoms with Crippen molar-refractivity contribution >= 4 is 5.97 Å². The number of ether oxygens (including phenoxy) is 1. The van der Waals surface area contributed by atoms with E-state index in [1.165, 1.54) is 44.7 Å². The number of carbonyl (C=O) groups is 1. The van der Waals surface area contributed by atoms with E-state index in [0.717, 1.165) is 24.4 Å². The molecule has 4 fully saturated rings. The number of nitrogens with zero attached hydrogens (tertiary/aromatic N) is 1. The zero-order valence-electron chi connectivity index (χ0n) is 12.1. The summed E-state index contributed by atoms with van der Waals surface area (Å²) in [5.74, 6) is 2.35. The number of aromatic nitrogens is 1. The Morgan fingerprint density at radius 1 is 1.19 bits per heavy atom. The van der Waals surface area contributed by atoms with E-state index in [1.54, 1.807) is 12.3 Å². The molecule has 4 aliphatic carbocycles. The molecule has 1 heterocycles. The lowest BCUT2D eigenvalue weighted by Gasteiger charge is -2.56. The Bertz CT molecular complexity index is 534. The highest BCUT2D eigenvalue weighted by Crippen LogP contribution is 2.59. The summed E-state index contributed by atoms with van der Waals surface area (Å²) in [6.45, 7) is 0.723. The minimum absolute atomic E-state index is 0.193. The minimum atomic E-state index is -0.956. The molecular weight excluding hydrogens is 266 g/mol. The fourth-order valence-corrected chi connectivity index (χ4v) is 5.32. The van der Waals surface area contributed by atoms with Crippen molar-refractivity contribution in [2.24, 2.45) is 23.2 Å². The summed E-state index contributed by atoms with van der Waals surface area (Å²) in [6, 6.07) is 1.58. The molecule has 1 aromatic heterocycles. The van der Waals surface area contributed by atoms with Crippen molar-refractivity contribution in [2.75, 3.05) is 6.61 Å². The molecule has 4 aliphatic rings. The zero-order valence-corrected chi connectivity index (χ0v) is 12.1. The number of pyridine rings is 1. The topological polar surface area (TPSA) is 59.4 Å². The number of aromatic carboxylic acids is 1. The van der Waals surface area contributed by atoms with Crippen molar-refractivity contribution in [1.82, 2.24) is 4.98 Å². The van der Waals surface area contributed by atoms with E-state index in [2.05, 4.69) is 4.98 Å². The monoisotopic (exact) mass is 287 g/mol. The van der Waals surface area contributed by atoms with Crippen molar-refractivity contribution in [1.29, 1.82) is 0 Å². The molecule has 0 aromatic carbocycles. The highest BCUT2D eigenvalue weighted by atomic mass is 16.5. The van der Waals surface area contributed by atoms with Crippen LogP contribution in [0.25, 0.3) is 0 Å². The van der Waals surface area contributed by atoms with Crippen LogP contribution in [0.15, 0.2) is 18.5 Å². The predicted octanol–water partition coefficient (Wildman–Crippen LogP) is 3.38. The normalized spacial score (nSPS) is 36.7. The standard InChI is InChI=1S/C17H21NO3/c19-16(20)14-4-15(9-18-8-14)21-10-17-5-11-1-12(6-17)3-13(2-11)7-17/h4,8-9,11-13H,1-3,5-7,10H2,(H,19,20). The Morgan fingerprint density at radius 3 is 2.38 bits per heavy atom. The van der Waals surface area contributed by atoms with Gasteiger partial charge in [0, 0.05) is 11.6 Å². The number of hydrogen-bond acceptors (Lipinski definition) is 3. The molecule has 1 N–H and O–H groups in total. The first-order chi connectivity index (χ1) is 10.1. The molecule has 4 bridgehead atoms. The quantitative estimate of drug-likeness (QED) is 0.922. The van der Waals surface area contributed by atoms with Gasteiger partial charge in [-0.05, 0) is 62.3 Å². The Balaban J connectivity index is 1.47. The maximum atomic E-state index is 11.0. The van der Waals surface area contributed by atoms with Gasteiger partial charge in [-0.1, -0.05) is 0 Å². The first-order valence-electron chi connectivity index (χ1n) is 7.93. The van der Waals surface area contributed by atoms with E-state index in [-0.39, 0.29) is 5.56 Å². The molecular formula is C17H21NO3. The fourth-order valence-electron chi connectivity index (χ4n) is 5.32. The van der Waals surface area contributed by atoms with Crippen LogP contribution in [0.1, 0.15) is 48.9 Å². The van der Waals surface area contributed by atoms with E-state index in [4.69, 9.17) is 9.84 Å². The molecule has 5 rings (SSSR count). The lowest BCUT2D eigenvalue weighted by atomic mass is 9.50. The Hall–Kier alpha value is -1.58.